The van der Waals surface area contributed by atoms with Crippen LogP contribution in [0.3, 0.4) is 0 Å². The standard InChI is InChI=1S/C23H28N4O6S/c24-34(30,31)18-7-5-17(6-8-18)9-10-25-22(28)16-27-15-21(23(29)26-11-13-32-14-12-26)33-20-4-2-1-3-19(20)27/h1-8,21H,9-16H2,(H,25,28)(H2,24,30,31)/t21-/m0/s1. The third-order valence-electron chi connectivity index (χ3n) is 5.78. The Morgan fingerprint density at radius 2 is 1.76 bits per heavy atom. The van der Waals surface area contributed by atoms with Crippen molar-refractivity contribution < 1.29 is 27.5 Å². The normalized spacial score (nSPS) is 18.1. The van der Waals surface area contributed by atoms with Gasteiger partial charge in [0.25, 0.3) is 5.91 Å². The minimum atomic E-state index is -3.73. The number of para-hydroxylation sites is 2. The van der Waals surface area contributed by atoms with Gasteiger partial charge in [0.05, 0.1) is 36.9 Å². The van der Waals surface area contributed by atoms with Crippen LogP contribution in [-0.4, -0.2) is 77.2 Å². The molecule has 0 bridgehead atoms. The summed E-state index contributed by atoms with van der Waals surface area (Å²) in [6, 6.07) is 13.6. The van der Waals surface area contributed by atoms with Crippen molar-refractivity contribution in [2.24, 2.45) is 5.14 Å². The molecule has 0 saturated carbocycles. The van der Waals surface area contributed by atoms with Gasteiger partial charge in [-0.15, -0.1) is 0 Å². The van der Waals surface area contributed by atoms with Crippen LogP contribution in [0.15, 0.2) is 53.4 Å². The van der Waals surface area contributed by atoms with Crippen molar-refractivity contribution in [2.75, 3.05) is 50.8 Å². The Morgan fingerprint density at radius 1 is 1.06 bits per heavy atom. The summed E-state index contributed by atoms with van der Waals surface area (Å²) in [5, 5.41) is 8.00. The molecule has 11 heteroatoms. The molecule has 2 amide bonds. The van der Waals surface area contributed by atoms with E-state index in [1.807, 2.05) is 23.1 Å². The third kappa shape index (κ3) is 5.85. The van der Waals surface area contributed by atoms with Crippen molar-refractivity contribution in [3.05, 3.63) is 54.1 Å². The van der Waals surface area contributed by atoms with Gasteiger partial charge >= 0.3 is 0 Å². The quantitative estimate of drug-likeness (QED) is 0.566. The number of carbonyl (C=O) groups excluding carboxylic acids is 2. The number of rotatable bonds is 7. The summed E-state index contributed by atoms with van der Waals surface area (Å²) in [6.07, 6.45) is -0.160. The largest absolute Gasteiger partial charge is 0.477 e. The molecule has 0 aliphatic carbocycles. The highest BCUT2D eigenvalue weighted by molar-refractivity contribution is 7.89. The Morgan fingerprint density at radius 3 is 2.47 bits per heavy atom. The lowest BCUT2D eigenvalue weighted by Gasteiger charge is -2.38. The number of morpholine rings is 1. The van der Waals surface area contributed by atoms with Crippen molar-refractivity contribution in [3.8, 4) is 5.75 Å². The van der Waals surface area contributed by atoms with E-state index in [1.54, 1.807) is 23.1 Å². The second kappa shape index (κ2) is 10.4. The van der Waals surface area contributed by atoms with E-state index in [2.05, 4.69) is 5.32 Å². The average Bonchev–Trinajstić information content (AvgIpc) is 2.84. The summed E-state index contributed by atoms with van der Waals surface area (Å²) in [6.45, 7) is 2.80. The molecule has 182 valence electrons. The number of primary sulfonamides is 1. The maximum absolute atomic E-state index is 13.0. The second-order valence-corrected chi connectivity index (χ2v) is 9.74. The number of hydrogen-bond acceptors (Lipinski definition) is 7. The lowest BCUT2D eigenvalue weighted by Crippen LogP contribution is -2.54. The lowest BCUT2D eigenvalue weighted by molar-refractivity contribution is -0.142. The molecule has 4 rings (SSSR count). The van der Waals surface area contributed by atoms with Gasteiger partial charge in [-0.05, 0) is 36.2 Å². The van der Waals surface area contributed by atoms with Crippen LogP contribution < -0.4 is 20.1 Å². The number of fused-ring (bicyclic) bond motifs is 1. The van der Waals surface area contributed by atoms with E-state index in [-0.39, 0.29) is 29.8 Å². The zero-order valence-corrected chi connectivity index (χ0v) is 19.5. The Labute approximate surface area is 198 Å². The predicted molar refractivity (Wildman–Crippen MR) is 125 cm³/mol. The lowest BCUT2D eigenvalue weighted by atomic mass is 10.1. The molecule has 1 saturated heterocycles. The first-order valence-electron chi connectivity index (χ1n) is 11.1. The number of amides is 2. The van der Waals surface area contributed by atoms with E-state index in [9.17, 15) is 18.0 Å². The second-order valence-electron chi connectivity index (χ2n) is 8.18. The predicted octanol–water partition coefficient (Wildman–Crippen LogP) is 0.119. The van der Waals surface area contributed by atoms with Crippen LogP contribution in [0.2, 0.25) is 0 Å². The maximum atomic E-state index is 13.0. The molecule has 3 N–H and O–H groups in total. The first-order chi connectivity index (χ1) is 16.3. The topological polar surface area (TPSA) is 131 Å². The van der Waals surface area contributed by atoms with E-state index in [0.29, 0.717) is 45.0 Å². The van der Waals surface area contributed by atoms with Crippen molar-refractivity contribution >= 4 is 27.5 Å². The number of benzene rings is 2. The van der Waals surface area contributed by atoms with Gasteiger partial charge in [0, 0.05) is 19.6 Å². The molecule has 2 aromatic rings. The number of carbonyl (C=O) groups is 2. The summed E-state index contributed by atoms with van der Waals surface area (Å²) in [4.78, 5) is 29.3. The fourth-order valence-corrected chi connectivity index (χ4v) is 4.51. The van der Waals surface area contributed by atoms with Crippen molar-refractivity contribution in [3.63, 3.8) is 0 Å². The maximum Gasteiger partial charge on any atom is 0.265 e. The molecule has 0 aromatic heterocycles. The number of nitrogens with zero attached hydrogens (tertiary/aromatic N) is 2. The van der Waals surface area contributed by atoms with Crippen molar-refractivity contribution in [2.45, 2.75) is 17.4 Å². The van der Waals surface area contributed by atoms with E-state index in [0.717, 1.165) is 11.3 Å². The van der Waals surface area contributed by atoms with Crippen LogP contribution in [0.25, 0.3) is 0 Å². The third-order valence-corrected chi connectivity index (χ3v) is 6.71. The molecule has 2 heterocycles. The van der Waals surface area contributed by atoms with Crippen LogP contribution in [0.5, 0.6) is 5.75 Å². The summed E-state index contributed by atoms with van der Waals surface area (Å²) in [5.74, 6) is 0.282. The minimum absolute atomic E-state index is 0.0486. The highest BCUT2D eigenvalue weighted by Gasteiger charge is 2.34. The molecule has 2 aromatic carbocycles. The van der Waals surface area contributed by atoms with Gasteiger partial charge in [0.15, 0.2) is 6.10 Å². The number of nitrogens with one attached hydrogen (secondary N) is 1. The van der Waals surface area contributed by atoms with Gasteiger partial charge in [0.2, 0.25) is 15.9 Å². The Hall–Kier alpha value is -3.15. The zero-order valence-electron chi connectivity index (χ0n) is 18.7. The number of nitrogens with two attached hydrogens (primary N) is 1. The molecule has 0 unspecified atom stereocenters. The van der Waals surface area contributed by atoms with Crippen molar-refractivity contribution in [1.82, 2.24) is 10.2 Å². The first-order valence-corrected chi connectivity index (χ1v) is 12.6. The van der Waals surface area contributed by atoms with Gasteiger partial charge in [-0.3, -0.25) is 9.59 Å². The molecule has 1 atom stereocenters. The summed E-state index contributed by atoms with van der Waals surface area (Å²) in [5.41, 5.74) is 1.64. The number of ether oxygens (including phenoxy) is 2. The fourth-order valence-electron chi connectivity index (χ4n) is 3.99. The van der Waals surface area contributed by atoms with E-state index in [1.165, 1.54) is 12.1 Å². The molecule has 0 spiro atoms. The van der Waals surface area contributed by atoms with Gasteiger partial charge < -0.3 is 24.6 Å². The number of hydrogen-bond donors (Lipinski definition) is 2. The van der Waals surface area contributed by atoms with Gasteiger partial charge in [0.1, 0.15) is 5.75 Å². The van der Waals surface area contributed by atoms with E-state index in [4.69, 9.17) is 14.6 Å². The van der Waals surface area contributed by atoms with Gasteiger partial charge in [-0.1, -0.05) is 24.3 Å². The first kappa shape index (κ1) is 24.0. The average molecular weight is 489 g/mol. The molecule has 2 aliphatic rings. The number of anilines is 1. The van der Waals surface area contributed by atoms with Crippen LogP contribution in [0, 0.1) is 0 Å². The molecule has 1 fully saturated rings. The number of sulfonamides is 1. The summed E-state index contributed by atoms with van der Waals surface area (Å²) < 4.78 is 34.0. The van der Waals surface area contributed by atoms with Crippen LogP contribution in [-0.2, 0) is 30.8 Å². The smallest absolute Gasteiger partial charge is 0.265 e. The van der Waals surface area contributed by atoms with Gasteiger partial charge in [-0.2, -0.15) is 0 Å². The van der Waals surface area contributed by atoms with Gasteiger partial charge in [-0.25, -0.2) is 13.6 Å². The Kier molecular flexibility index (Phi) is 7.35. The van der Waals surface area contributed by atoms with Crippen LogP contribution >= 0.6 is 0 Å². The molecule has 2 aliphatic heterocycles. The molecule has 0 radical (unpaired) electrons. The van der Waals surface area contributed by atoms with Crippen LogP contribution in [0.4, 0.5) is 5.69 Å². The fraction of sp³-hybridized carbons (Fsp3) is 0.391. The molecule has 10 nitrogen and oxygen atoms in total. The highest BCUT2D eigenvalue weighted by atomic mass is 32.2. The van der Waals surface area contributed by atoms with E-state index < -0.39 is 16.1 Å². The van der Waals surface area contributed by atoms with Crippen LogP contribution in [0.1, 0.15) is 5.56 Å². The molecular formula is C23H28N4O6S. The summed E-state index contributed by atoms with van der Waals surface area (Å²) >= 11 is 0. The molecule has 34 heavy (non-hydrogen) atoms. The monoisotopic (exact) mass is 488 g/mol. The highest BCUT2D eigenvalue weighted by Crippen LogP contribution is 2.33. The van der Waals surface area contributed by atoms with Crippen molar-refractivity contribution in [1.29, 1.82) is 0 Å². The Bertz CT molecular complexity index is 1130. The summed E-state index contributed by atoms with van der Waals surface area (Å²) in [7, 11) is -3.73. The van der Waals surface area contributed by atoms with E-state index >= 15 is 0 Å². The Balaban J connectivity index is 1.34. The minimum Gasteiger partial charge on any atom is -0.477 e. The molecular weight excluding hydrogens is 460 g/mol. The SMILES string of the molecule is NS(=O)(=O)c1ccc(CCNC(=O)CN2C[C@@H](C(=O)N3CCOCC3)Oc3ccccc32)cc1. The zero-order chi connectivity index (χ0) is 24.1.